The quantitative estimate of drug-likeness (QED) is 0.450. The molecule has 2 aliphatic rings. The van der Waals surface area contributed by atoms with E-state index in [2.05, 4.69) is 0 Å². The zero-order valence-corrected chi connectivity index (χ0v) is 15.0. The predicted octanol–water partition coefficient (Wildman–Crippen LogP) is 0.489. The van der Waals surface area contributed by atoms with Crippen LogP contribution in [0.4, 0.5) is 0 Å². The summed E-state index contributed by atoms with van der Waals surface area (Å²) in [6, 6.07) is 6.19. The molecule has 1 saturated heterocycles. The maximum absolute atomic E-state index is 12.5. The van der Waals surface area contributed by atoms with Crippen molar-refractivity contribution >= 4 is 34.3 Å². The Morgan fingerprint density at radius 1 is 1.40 bits per heavy atom. The van der Waals surface area contributed by atoms with Gasteiger partial charge in [0.15, 0.2) is 0 Å². The van der Waals surface area contributed by atoms with Gasteiger partial charge >= 0.3 is 5.97 Å². The van der Waals surface area contributed by atoms with Gasteiger partial charge in [0.1, 0.15) is 29.5 Å². The van der Waals surface area contributed by atoms with Gasteiger partial charge in [-0.15, -0.1) is 11.6 Å². The largest absolute Gasteiger partial charge is 0.497 e. The number of rotatable bonds is 5. The molecule has 2 N–H and O–H groups in total. The van der Waals surface area contributed by atoms with Crippen LogP contribution in [0, 0.1) is 0 Å². The molecular weight excluding hydrogens is 368 g/mol. The Kier molecular flexibility index (Phi) is 5.12. The third-order valence-electron chi connectivity index (χ3n) is 4.13. The molecule has 25 heavy (non-hydrogen) atoms. The Morgan fingerprint density at radius 3 is 2.68 bits per heavy atom. The first-order valence-electron chi connectivity index (χ1n) is 7.51. The summed E-state index contributed by atoms with van der Waals surface area (Å²) in [6.07, 6.45) is 0. The molecule has 0 radical (unpaired) electrons. The average molecular weight is 385 g/mol. The van der Waals surface area contributed by atoms with Crippen LogP contribution in [0.5, 0.6) is 5.75 Å². The van der Waals surface area contributed by atoms with E-state index in [-0.39, 0.29) is 23.9 Å². The van der Waals surface area contributed by atoms with E-state index in [1.807, 2.05) is 0 Å². The van der Waals surface area contributed by atoms with Crippen molar-refractivity contribution < 1.29 is 23.3 Å². The van der Waals surface area contributed by atoms with Crippen LogP contribution in [0.1, 0.15) is 5.56 Å². The Bertz CT molecular complexity index is 764. The van der Waals surface area contributed by atoms with Crippen molar-refractivity contribution in [3.05, 3.63) is 41.1 Å². The number of hydrogen-bond donors (Lipinski definition) is 1. The fraction of sp³-hybridized carbons (Fsp3) is 0.375. The topological polar surface area (TPSA) is 98.9 Å². The number of halogens is 1. The van der Waals surface area contributed by atoms with E-state index in [0.717, 1.165) is 5.56 Å². The molecule has 1 unspecified atom stereocenters. The van der Waals surface area contributed by atoms with E-state index in [4.69, 9.17) is 26.8 Å². The van der Waals surface area contributed by atoms with Crippen molar-refractivity contribution in [1.82, 2.24) is 4.90 Å². The lowest BCUT2D eigenvalue weighted by atomic mass is 10.0. The summed E-state index contributed by atoms with van der Waals surface area (Å²) in [6.45, 7) is 0.0315. The molecule has 0 bridgehead atoms. The second-order valence-corrected chi connectivity index (χ2v) is 7.46. The van der Waals surface area contributed by atoms with E-state index >= 15 is 0 Å². The number of nitrogens with two attached hydrogens (primary N) is 1. The first kappa shape index (κ1) is 17.9. The van der Waals surface area contributed by atoms with Crippen molar-refractivity contribution in [3.8, 4) is 5.75 Å². The van der Waals surface area contributed by atoms with Gasteiger partial charge in [-0.2, -0.15) is 0 Å². The molecule has 1 aromatic rings. The molecular formula is C16H17ClN2O5S. The molecule has 1 aromatic carbocycles. The van der Waals surface area contributed by atoms with Gasteiger partial charge in [0, 0.05) is 5.88 Å². The molecule has 2 heterocycles. The fourth-order valence-electron chi connectivity index (χ4n) is 2.78. The first-order chi connectivity index (χ1) is 12.0. The van der Waals surface area contributed by atoms with Crippen molar-refractivity contribution in [1.29, 1.82) is 0 Å². The highest BCUT2D eigenvalue weighted by Gasteiger charge is 2.55. The average Bonchev–Trinajstić information content (AvgIpc) is 2.64. The Morgan fingerprint density at radius 2 is 2.08 bits per heavy atom. The molecule has 0 aromatic heterocycles. The minimum Gasteiger partial charge on any atom is -0.497 e. The highest BCUT2D eigenvalue weighted by molar-refractivity contribution is 7.86. The van der Waals surface area contributed by atoms with Crippen molar-refractivity contribution in [2.24, 2.45) is 5.73 Å². The SMILES string of the molecule is COc1ccc(COC(=O)C2=C(CCl)CS(=O)[C@@H]3[C@H](N)C(=O)N23)cc1. The van der Waals surface area contributed by atoms with Crippen LogP contribution in [0.2, 0.25) is 0 Å². The van der Waals surface area contributed by atoms with Gasteiger partial charge in [-0.1, -0.05) is 12.1 Å². The molecule has 3 atom stereocenters. The normalized spacial score (nSPS) is 25.3. The second kappa shape index (κ2) is 7.15. The van der Waals surface area contributed by atoms with Crippen LogP contribution in [0.25, 0.3) is 0 Å². The van der Waals surface area contributed by atoms with E-state index in [0.29, 0.717) is 11.3 Å². The molecule has 0 aliphatic carbocycles. The zero-order valence-electron chi connectivity index (χ0n) is 13.4. The Labute approximate surface area is 152 Å². The second-order valence-electron chi connectivity index (χ2n) is 5.66. The summed E-state index contributed by atoms with van der Waals surface area (Å²) in [7, 11) is 0.189. The predicted molar refractivity (Wildman–Crippen MR) is 92.2 cm³/mol. The van der Waals surface area contributed by atoms with Gasteiger partial charge in [0.25, 0.3) is 0 Å². The number of alkyl halides is 1. The lowest BCUT2D eigenvalue weighted by Gasteiger charge is -2.47. The standard InChI is InChI=1S/C16H17ClN2O5S/c1-23-11-4-2-9(3-5-11)7-24-16(21)13-10(6-17)8-25(22)15-12(18)14(20)19(13)15/h2-5,12,15H,6-8,18H2,1H3/t12-,15-,25?/m1/s1. The Hall–Kier alpha value is -1.90. The monoisotopic (exact) mass is 384 g/mol. The summed E-state index contributed by atoms with van der Waals surface area (Å²) < 4.78 is 22.6. The lowest BCUT2D eigenvalue weighted by molar-refractivity contribution is -0.151. The summed E-state index contributed by atoms with van der Waals surface area (Å²) in [5.41, 5.74) is 6.97. The molecule has 3 rings (SSSR count). The van der Waals surface area contributed by atoms with Crippen molar-refractivity contribution in [2.45, 2.75) is 18.0 Å². The number of amides is 1. The first-order valence-corrected chi connectivity index (χ1v) is 9.43. The summed E-state index contributed by atoms with van der Waals surface area (Å²) in [4.78, 5) is 25.7. The van der Waals surface area contributed by atoms with Crippen LogP contribution >= 0.6 is 11.6 Å². The van der Waals surface area contributed by atoms with E-state index in [1.165, 1.54) is 4.90 Å². The van der Waals surface area contributed by atoms with Crippen LogP contribution < -0.4 is 10.5 Å². The van der Waals surface area contributed by atoms with Crippen LogP contribution in [-0.4, -0.2) is 51.1 Å². The van der Waals surface area contributed by atoms with Crippen molar-refractivity contribution in [2.75, 3.05) is 18.7 Å². The number of ether oxygens (including phenoxy) is 2. The summed E-state index contributed by atoms with van der Waals surface area (Å²) in [5, 5.41) is -0.692. The van der Waals surface area contributed by atoms with Gasteiger partial charge in [-0.3, -0.25) is 13.9 Å². The minimum atomic E-state index is -1.37. The molecule has 0 spiro atoms. The number of hydrogen-bond acceptors (Lipinski definition) is 6. The number of β-lactam (4-membered cyclic amide) rings is 1. The third-order valence-corrected chi connectivity index (χ3v) is 6.13. The minimum absolute atomic E-state index is 0.00948. The zero-order chi connectivity index (χ0) is 18.1. The molecule has 134 valence electrons. The van der Waals surface area contributed by atoms with Crippen LogP contribution in [0.3, 0.4) is 0 Å². The van der Waals surface area contributed by atoms with Gasteiger partial charge in [-0.25, -0.2) is 4.79 Å². The highest BCUT2D eigenvalue weighted by atomic mass is 35.5. The molecule has 0 saturated carbocycles. The summed E-state index contributed by atoms with van der Waals surface area (Å²) >= 11 is 5.87. The highest BCUT2D eigenvalue weighted by Crippen LogP contribution is 2.34. The van der Waals surface area contributed by atoms with Gasteiger partial charge in [0.05, 0.1) is 23.7 Å². The number of carbonyl (C=O) groups excluding carboxylic acids is 2. The number of esters is 1. The molecule has 1 amide bonds. The van der Waals surface area contributed by atoms with Gasteiger partial charge in [-0.05, 0) is 23.3 Å². The van der Waals surface area contributed by atoms with Crippen molar-refractivity contribution in [3.63, 3.8) is 0 Å². The van der Waals surface area contributed by atoms with Crippen LogP contribution in [-0.2, 0) is 31.7 Å². The van der Waals surface area contributed by atoms with Crippen LogP contribution in [0.15, 0.2) is 35.5 Å². The van der Waals surface area contributed by atoms with E-state index < -0.39 is 34.1 Å². The maximum atomic E-state index is 12.5. The van der Waals surface area contributed by atoms with E-state index in [1.54, 1.807) is 31.4 Å². The lowest BCUT2D eigenvalue weighted by Crippen LogP contribution is -2.72. The van der Waals surface area contributed by atoms with Gasteiger partial charge in [0.2, 0.25) is 5.91 Å². The molecule has 2 aliphatic heterocycles. The smallest absolute Gasteiger partial charge is 0.355 e. The number of nitrogens with zero attached hydrogens (tertiary/aromatic N) is 1. The summed E-state index contributed by atoms with van der Waals surface area (Å²) in [5.74, 6) is -0.325. The number of benzene rings is 1. The third kappa shape index (κ3) is 3.17. The number of methoxy groups -OCH3 is 1. The maximum Gasteiger partial charge on any atom is 0.355 e. The fourth-order valence-corrected chi connectivity index (χ4v) is 4.76. The molecule has 9 heteroatoms. The Balaban J connectivity index is 1.76. The van der Waals surface area contributed by atoms with Gasteiger partial charge < -0.3 is 15.2 Å². The number of carbonyl (C=O) groups is 2. The molecule has 1 fully saturated rings. The number of fused-ring (bicyclic) bond motifs is 1. The molecule has 7 nitrogen and oxygen atoms in total. The van der Waals surface area contributed by atoms with E-state index in [9.17, 15) is 13.8 Å².